The first-order valence-electron chi connectivity index (χ1n) is 5.59. The second-order valence-electron chi connectivity index (χ2n) is 4.23. The van der Waals surface area contributed by atoms with Crippen LogP contribution in [0.2, 0.25) is 0 Å². The first-order valence-corrected chi connectivity index (χ1v) is 5.59. The number of nitrogens with one attached hydrogen (secondary N) is 2. The van der Waals surface area contributed by atoms with E-state index in [9.17, 15) is 4.79 Å². The van der Waals surface area contributed by atoms with Crippen LogP contribution in [0.5, 0.6) is 0 Å². The molecule has 1 rings (SSSR count). The Morgan fingerprint density at radius 3 is 3.00 bits per heavy atom. The first-order chi connectivity index (χ1) is 7.19. The van der Waals surface area contributed by atoms with Crippen molar-refractivity contribution in [1.29, 1.82) is 5.26 Å². The SMILES string of the molecule is CC1(C(=O)NCCCC#N)CCCCN1. The fraction of sp³-hybridized carbons (Fsp3) is 0.818. The van der Waals surface area contributed by atoms with E-state index in [0.717, 1.165) is 32.2 Å². The van der Waals surface area contributed by atoms with Gasteiger partial charge in [0.2, 0.25) is 5.91 Å². The van der Waals surface area contributed by atoms with Crippen LogP contribution >= 0.6 is 0 Å². The number of unbranched alkanes of at least 4 members (excludes halogenated alkanes) is 1. The molecule has 0 aromatic carbocycles. The zero-order valence-electron chi connectivity index (χ0n) is 9.31. The Morgan fingerprint density at radius 1 is 1.60 bits per heavy atom. The second-order valence-corrected chi connectivity index (χ2v) is 4.23. The molecule has 0 aromatic heterocycles. The molecule has 1 heterocycles. The van der Waals surface area contributed by atoms with E-state index in [4.69, 9.17) is 5.26 Å². The molecule has 0 radical (unpaired) electrons. The number of piperidine rings is 1. The summed E-state index contributed by atoms with van der Waals surface area (Å²) >= 11 is 0. The van der Waals surface area contributed by atoms with Gasteiger partial charge in [-0.05, 0) is 39.2 Å². The molecule has 15 heavy (non-hydrogen) atoms. The highest BCUT2D eigenvalue weighted by Gasteiger charge is 2.33. The minimum absolute atomic E-state index is 0.0696. The fourth-order valence-corrected chi connectivity index (χ4v) is 1.81. The van der Waals surface area contributed by atoms with Crippen molar-refractivity contribution in [2.45, 2.75) is 44.6 Å². The molecule has 4 nitrogen and oxygen atoms in total. The van der Waals surface area contributed by atoms with Crippen LogP contribution in [0.15, 0.2) is 0 Å². The van der Waals surface area contributed by atoms with E-state index >= 15 is 0 Å². The summed E-state index contributed by atoms with van der Waals surface area (Å²) in [5.74, 6) is 0.0696. The molecule has 0 spiro atoms. The minimum atomic E-state index is -0.398. The molecular weight excluding hydrogens is 190 g/mol. The second kappa shape index (κ2) is 5.72. The van der Waals surface area contributed by atoms with Crippen LogP contribution in [-0.4, -0.2) is 24.5 Å². The first kappa shape index (κ1) is 12.0. The van der Waals surface area contributed by atoms with Crippen molar-refractivity contribution in [3.8, 4) is 6.07 Å². The Balaban J connectivity index is 2.29. The molecule has 0 aromatic rings. The molecule has 1 unspecified atom stereocenters. The van der Waals surface area contributed by atoms with Crippen LogP contribution in [0.3, 0.4) is 0 Å². The third-order valence-electron chi connectivity index (χ3n) is 2.87. The minimum Gasteiger partial charge on any atom is -0.354 e. The number of nitrogens with zero attached hydrogens (tertiary/aromatic N) is 1. The van der Waals surface area contributed by atoms with Gasteiger partial charge in [-0.3, -0.25) is 4.79 Å². The Bertz CT molecular complexity index is 251. The maximum Gasteiger partial charge on any atom is 0.240 e. The van der Waals surface area contributed by atoms with Gasteiger partial charge in [0.1, 0.15) is 0 Å². The quantitative estimate of drug-likeness (QED) is 0.677. The van der Waals surface area contributed by atoms with Crippen molar-refractivity contribution >= 4 is 5.91 Å². The summed E-state index contributed by atoms with van der Waals surface area (Å²) in [5.41, 5.74) is -0.398. The van der Waals surface area contributed by atoms with Gasteiger partial charge in [0.25, 0.3) is 0 Å². The Kier molecular flexibility index (Phi) is 4.57. The molecule has 4 heteroatoms. The molecule has 1 fully saturated rings. The van der Waals surface area contributed by atoms with Crippen molar-refractivity contribution in [2.24, 2.45) is 0 Å². The lowest BCUT2D eigenvalue weighted by Crippen LogP contribution is -2.57. The maximum atomic E-state index is 11.8. The summed E-state index contributed by atoms with van der Waals surface area (Å²) < 4.78 is 0. The van der Waals surface area contributed by atoms with Gasteiger partial charge in [-0.1, -0.05) is 0 Å². The van der Waals surface area contributed by atoms with Gasteiger partial charge < -0.3 is 10.6 Å². The van der Waals surface area contributed by atoms with Gasteiger partial charge >= 0.3 is 0 Å². The van der Waals surface area contributed by atoms with Crippen LogP contribution in [0.25, 0.3) is 0 Å². The number of nitriles is 1. The molecular formula is C11H19N3O. The molecule has 1 aliphatic rings. The predicted octanol–water partition coefficient (Wildman–Crippen LogP) is 0.939. The number of carbonyl (C=O) groups is 1. The third kappa shape index (κ3) is 3.52. The van der Waals surface area contributed by atoms with E-state index in [1.165, 1.54) is 0 Å². The number of carbonyl (C=O) groups excluding carboxylic acids is 1. The van der Waals surface area contributed by atoms with E-state index in [0.29, 0.717) is 13.0 Å². The van der Waals surface area contributed by atoms with Gasteiger partial charge in [-0.15, -0.1) is 0 Å². The lowest BCUT2D eigenvalue weighted by molar-refractivity contribution is -0.127. The van der Waals surface area contributed by atoms with Gasteiger partial charge in [0.05, 0.1) is 11.6 Å². The lowest BCUT2D eigenvalue weighted by Gasteiger charge is -2.33. The zero-order valence-corrected chi connectivity index (χ0v) is 9.31. The Morgan fingerprint density at radius 2 is 2.40 bits per heavy atom. The molecule has 1 amide bonds. The van der Waals surface area contributed by atoms with E-state index in [-0.39, 0.29) is 5.91 Å². The summed E-state index contributed by atoms with van der Waals surface area (Å²) in [4.78, 5) is 11.8. The molecule has 0 bridgehead atoms. The Hall–Kier alpha value is -1.08. The average Bonchev–Trinajstić information content (AvgIpc) is 2.25. The largest absolute Gasteiger partial charge is 0.354 e. The number of hydrogen-bond acceptors (Lipinski definition) is 3. The zero-order chi connectivity index (χ0) is 11.1. The normalized spacial score (nSPS) is 25.6. The summed E-state index contributed by atoms with van der Waals surface area (Å²) in [6.45, 7) is 3.47. The highest BCUT2D eigenvalue weighted by molar-refractivity contribution is 5.85. The van der Waals surface area contributed by atoms with Gasteiger partial charge in [0.15, 0.2) is 0 Å². The van der Waals surface area contributed by atoms with Crippen molar-refractivity contribution in [3.05, 3.63) is 0 Å². The standard InChI is InChI=1S/C11H19N3O/c1-11(6-2-4-9-14-11)10(15)13-8-5-3-7-12/h14H,2-6,8-9H2,1H3,(H,13,15). The van der Waals surface area contributed by atoms with E-state index in [1.807, 2.05) is 6.92 Å². The molecule has 1 aliphatic heterocycles. The van der Waals surface area contributed by atoms with Crippen molar-refractivity contribution in [3.63, 3.8) is 0 Å². The highest BCUT2D eigenvalue weighted by atomic mass is 16.2. The van der Waals surface area contributed by atoms with Crippen LogP contribution in [0.1, 0.15) is 39.0 Å². The molecule has 0 saturated carbocycles. The smallest absolute Gasteiger partial charge is 0.240 e. The van der Waals surface area contributed by atoms with Crippen LogP contribution in [0.4, 0.5) is 0 Å². The van der Waals surface area contributed by atoms with Gasteiger partial charge in [-0.2, -0.15) is 5.26 Å². The summed E-state index contributed by atoms with van der Waals surface area (Å²) in [6.07, 6.45) is 4.40. The average molecular weight is 209 g/mol. The molecule has 1 atom stereocenters. The van der Waals surface area contributed by atoms with E-state index in [2.05, 4.69) is 16.7 Å². The highest BCUT2D eigenvalue weighted by Crippen LogP contribution is 2.18. The summed E-state index contributed by atoms with van der Waals surface area (Å²) in [5, 5.41) is 14.5. The molecule has 2 N–H and O–H groups in total. The maximum absolute atomic E-state index is 11.8. The van der Waals surface area contributed by atoms with Gasteiger partial charge in [0, 0.05) is 13.0 Å². The van der Waals surface area contributed by atoms with E-state index < -0.39 is 5.54 Å². The summed E-state index contributed by atoms with van der Waals surface area (Å²) in [7, 11) is 0. The van der Waals surface area contributed by atoms with Crippen molar-refractivity contribution < 1.29 is 4.79 Å². The molecule has 84 valence electrons. The van der Waals surface area contributed by atoms with Crippen molar-refractivity contribution in [2.75, 3.05) is 13.1 Å². The fourth-order valence-electron chi connectivity index (χ4n) is 1.81. The van der Waals surface area contributed by atoms with Gasteiger partial charge in [-0.25, -0.2) is 0 Å². The monoisotopic (exact) mass is 209 g/mol. The van der Waals surface area contributed by atoms with E-state index in [1.54, 1.807) is 0 Å². The van der Waals surface area contributed by atoms with Crippen LogP contribution in [-0.2, 0) is 4.79 Å². The van der Waals surface area contributed by atoms with Crippen LogP contribution < -0.4 is 10.6 Å². The number of rotatable bonds is 4. The van der Waals surface area contributed by atoms with Crippen molar-refractivity contribution in [1.82, 2.24) is 10.6 Å². The number of amides is 1. The molecule has 0 aliphatic carbocycles. The lowest BCUT2D eigenvalue weighted by atomic mass is 9.90. The third-order valence-corrected chi connectivity index (χ3v) is 2.87. The predicted molar refractivity (Wildman–Crippen MR) is 58.1 cm³/mol. The topological polar surface area (TPSA) is 64.9 Å². The summed E-state index contributed by atoms with van der Waals surface area (Å²) in [6, 6.07) is 2.06. The Labute approximate surface area is 91.0 Å². The number of hydrogen-bond donors (Lipinski definition) is 2. The molecule has 1 saturated heterocycles. The van der Waals surface area contributed by atoms with Crippen LogP contribution in [0, 0.1) is 11.3 Å².